The number of nitrogens with zero attached hydrogens (tertiary/aromatic N) is 2. The zero-order valence-corrected chi connectivity index (χ0v) is 29.5. The summed E-state index contributed by atoms with van der Waals surface area (Å²) < 4.78 is 38.9. The van der Waals surface area contributed by atoms with Crippen LogP contribution in [0.1, 0.15) is 94.2 Å². The Morgan fingerprint density at radius 2 is 1.90 bits per heavy atom. The van der Waals surface area contributed by atoms with E-state index >= 15 is 0 Å². The van der Waals surface area contributed by atoms with Gasteiger partial charge < -0.3 is 19.7 Å². The van der Waals surface area contributed by atoms with Gasteiger partial charge in [-0.05, 0) is 74.0 Å². The Bertz CT molecular complexity index is 1640. The van der Waals surface area contributed by atoms with Crippen LogP contribution in [0.3, 0.4) is 0 Å². The molecule has 14 heteroatoms. The van der Waals surface area contributed by atoms with E-state index < -0.39 is 74.6 Å². The molecule has 0 spiro atoms. The molecule has 3 heterocycles. The number of fused-ring (bicyclic) bond motifs is 3. The number of hydrogen-bond acceptors (Lipinski definition) is 9. The number of nitrogens with one attached hydrogen (secondary N) is 2. The van der Waals surface area contributed by atoms with Crippen molar-refractivity contribution in [1.29, 1.82) is 0 Å². The average Bonchev–Trinajstić information content (AvgIpc) is 3.98. The molecular weight excluding hydrogens is 664 g/mol. The molecule has 13 nitrogen and oxygen atoms in total. The van der Waals surface area contributed by atoms with Crippen LogP contribution in [0.2, 0.25) is 0 Å². The van der Waals surface area contributed by atoms with Crippen molar-refractivity contribution in [3.05, 3.63) is 47.5 Å². The van der Waals surface area contributed by atoms with Crippen LogP contribution in [0.15, 0.2) is 30.9 Å². The van der Waals surface area contributed by atoms with Gasteiger partial charge in [0.05, 0.1) is 29.9 Å². The highest BCUT2D eigenvalue weighted by atomic mass is 32.2. The number of cyclic esters (lactones) is 1. The van der Waals surface area contributed by atoms with Crippen molar-refractivity contribution in [3.63, 3.8) is 0 Å². The second kappa shape index (κ2) is 14.7. The van der Waals surface area contributed by atoms with Gasteiger partial charge in [-0.15, -0.1) is 6.58 Å². The van der Waals surface area contributed by atoms with Crippen LogP contribution >= 0.6 is 0 Å². The minimum atomic E-state index is -3.85. The summed E-state index contributed by atoms with van der Waals surface area (Å²) in [5.74, 6) is -2.11. The lowest BCUT2D eigenvalue weighted by atomic mass is 9.91. The molecule has 2 N–H and O–H groups in total. The Kier molecular flexibility index (Phi) is 10.6. The fourth-order valence-corrected chi connectivity index (χ4v) is 9.01. The number of ketones is 1. The number of unbranched alkanes of at least 4 members (excludes halogenated alkanes) is 1. The van der Waals surface area contributed by atoms with Crippen LogP contribution in [-0.4, -0.2) is 84.6 Å². The number of hydrogen-bond donors (Lipinski definition) is 2. The Hall–Kier alpha value is -3.94. The van der Waals surface area contributed by atoms with Crippen LogP contribution in [-0.2, 0) is 53.4 Å². The van der Waals surface area contributed by atoms with Gasteiger partial charge >= 0.3 is 12.2 Å². The largest absolute Gasteiger partial charge is 0.450 e. The fourth-order valence-electron chi connectivity index (χ4n) is 7.62. The van der Waals surface area contributed by atoms with Crippen LogP contribution in [0.5, 0.6) is 0 Å². The smallest absolute Gasteiger partial charge is 0.410 e. The van der Waals surface area contributed by atoms with Crippen molar-refractivity contribution in [2.75, 3.05) is 13.2 Å². The number of amides is 4. The van der Waals surface area contributed by atoms with E-state index in [4.69, 9.17) is 9.47 Å². The summed E-state index contributed by atoms with van der Waals surface area (Å²) in [6.07, 6.45) is 5.24. The zero-order chi connectivity index (χ0) is 35.6. The molecule has 6 rings (SSSR count). The lowest BCUT2D eigenvalue weighted by Crippen LogP contribution is -2.52. The lowest BCUT2D eigenvalue weighted by Gasteiger charge is -2.29. The zero-order valence-electron chi connectivity index (χ0n) is 28.7. The molecule has 5 aliphatic rings. The Labute approximate surface area is 293 Å². The molecule has 4 amide bonds. The maximum atomic E-state index is 14.2. The standard InChI is InChI=1S/C36H48N4O9S/c1-3-5-13-29-32(42)40-21-26(17-30(40)31(41)19-36(18-25(36)4-2)33(43)38-50(46,47)27-14-15-27)49-35(45)39-20-24-12-9-11-23(28(24)22-39)10-7-6-8-16-48-34(44)37-29/h4,9,11-12,25-27,29-30H,2-3,5-8,10,13-22H2,1H3,(H,37,44)(H,38,43)/t25-,26-,29+,30+,36-/m1/s1. The predicted molar refractivity (Wildman–Crippen MR) is 182 cm³/mol. The van der Waals surface area contributed by atoms with Gasteiger partial charge in [0.2, 0.25) is 21.8 Å². The number of Topliss-reactive ketones (excluding diaryl/α,β-unsaturated/α-hetero) is 1. The van der Waals surface area contributed by atoms with Crippen LogP contribution in [0.4, 0.5) is 9.59 Å². The predicted octanol–water partition coefficient (Wildman–Crippen LogP) is 3.88. The normalized spacial score (nSPS) is 28.8. The topological polar surface area (TPSA) is 168 Å². The van der Waals surface area contributed by atoms with Crippen LogP contribution < -0.4 is 10.0 Å². The number of alkyl carbamates (subject to hydrolysis) is 1. The molecule has 5 atom stereocenters. The highest BCUT2D eigenvalue weighted by molar-refractivity contribution is 7.90. The molecule has 2 saturated carbocycles. The number of benzene rings is 1. The molecule has 0 radical (unpaired) electrons. The summed E-state index contributed by atoms with van der Waals surface area (Å²) in [5.41, 5.74) is 2.01. The third-order valence-electron chi connectivity index (χ3n) is 10.8. The fraction of sp³-hybridized carbons (Fsp3) is 0.639. The lowest BCUT2D eigenvalue weighted by molar-refractivity contribution is -0.140. The quantitative estimate of drug-likeness (QED) is 0.342. The minimum Gasteiger partial charge on any atom is -0.450 e. The molecule has 1 aromatic carbocycles. The van der Waals surface area contributed by atoms with E-state index in [1.807, 2.05) is 19.1 Å². The van der Waals surface area contributed by atoms with Gasteiger partial charge in [-0.1, -0.05) is 44.0 Å². The maximum absolute atomic E-state index is 14.2. The van der Waals surface area contributed by atoms with E-state index in [2.05, 4.69) is 22.7 Å². The highest BCUT2D eigenvalue weighted by Crippen LogP contribution is 2.57. The second-order valence-corrected chi connectivity index (χ2v) is 16.4. The van der Waals surface area contributed by atoms with Gasteiger partial charge in [0, 0.05) is 25.9 Å². The molecule has 0 aromatic heterocycles. The van der Waals surface area contributed by atoms with E-state index in [9.17, 15) is 32.4 Å². The molecule has 0 unspecified atom stereocenters. The van der Waals surface area contributed by atoms with Gasteiger partial charge in [-0.3, -0.25) is 24.0 Å². The monoisotopic (exact) mass is 712 g/mol. The van der Waals surface area contributed by atoms with Crippen molar-refractivity contribution in [2.24, 2.45) is 11.3 Å². The number of allylic oxidation sites excluding steroid dienone is 1. The van der Waals surface area contributed by atoms with Crippen molar-refractivity contribution >= 4 is 39.8 Å². The van der Waals surface area contributed by atoms with Crippen LogP contribution in [0.25, 0.3) is 0 Å². The maximum Gasteiger partial charge on any atom is 0.410 e. The first-order chi connectivity index (χ1) is 24.0. The minimum absolute atomic E-state index is 0.00409. The number of carbonyl (C=O) groups excluding carboxylic acids is 5. The number of sulfonamides is 1. The summed E-state index contributed by atoms with van der Waals surface area (Å²) in [7, 11) is -3.85. The Balaban J connectivity index is 1.25. The summed E-state index contributed by atoms with van der Waals surface area (Å²) in [6.45, 7) is 6.65. The molecule has 4 bridgehead atoms. The van der Waals surface area contributed by atoms with E-state index in [0.717, 1.165) is 42.4 Å². The first-order valence-corrected chi connectivity index (χ1v) is 19.5. The number of ether oxygens (including phenoxy) is 2. The molecular formula is C36H48N4O9S. The van der Waals surface area contributed by atoms with Gasteiger partial charge in [0.25, 0.3) is 0 Å². The summed E-state index contributed by atoms with van der Waals surface area (Å²) in [6, 6.07) is 4.01. The van der Waals surface area contributed by atoms with Gasteiger partial charge in [0.15, 0.2) is 5.78 Å². The molecule has 1 saturated heterocycles. The summed E-state index contributed by atoms with van der Waals surface area (Å²) in [4.78, 5) is 71.2. The van der Waals surface area contributed by atoms with E-state index in [-0.39, 0.29) is 32.4 Å². The van der Waals surface area contributed by atoms with Crippen molar-refractivity contribution in [3.8, 4) is 0 Å². The first kappa shape index (κ1) is 35.9. The highest BCUT2D eigenvalue weighted by Gasteiger charge is 2.61. The first-order valence-electron chi connectivity index (χ1n) is 18.0. The summed E-state index contributed by atoms with van der Waals surface area (Å²) >= 11 is 0. The second-order valence-electron chi connectivity index (χ2n) is 14.5. The van der Waals surface area contributed by atoms with Gasteiger partial charge in [-0.2, -0.15) is 0 Å². The van der Waals surface area contributed by atoms with Crippen molar-refractivity contribution in [2.45, 2.75) is 121 Å². The van der Waals surface area contributed by atoms with E-state index in [1.54, 1.807) is 11.0 Å². The average molecular weight is 713 g/mol. The molecule has 3 aliphatic heterocycles. The van der Waals surface area contributed by atoms with Gasteiger partial charge in [0.1, 0.15) is 12.1 Å². The van der Waals surface area contributed by atoms with E-state index in [0.29, 0.717) is 45.2 Å². The molecule has 272 valence electrons. The van der Waals surface area contributed by atoms with E-state index in [1.165, 1.54) is 4.90 Å². The third kappa shape index (κ3) is 7.69. The third-order valence-corrected chi connectivity index (χ3v) is 12.7. The van der Waals surface area contributed by atoms with Crippen molar-refractivity contribution < 1.29 is 41.9 Å². The Morgan fingerprint density at radius 1 is 1.12 bits per heavy atom. The molecule has 2 aliphatic carbocycles. The number of carbonyl (C=O) groups is 5. The SMILES string of the molecule is C=C[C@@H]1C[C@]1(CC(=O)[C@@H]1C[C@@H]2CN1C(=O)[C@H](CCCC)NC(=O)OCCCCCc1cccc3c1CN(C3)C(=O)O2)C(=O)NS(=O)(=O)C1CC1. The molecule has 3 fully saturated rings. The van der Waals surface area contributed by atoms with Crippen LogP contribution in [0, 0.1) is 11.3 Å². The summed E-state index contributed by atoms with van der Waals surface area (Å²) in [5, 5.41) is 2.09. The molecule has 1 aromatic rings. The number of rotatable bonds is 10. The number of aryl methyl sites for hydroxylation is 1. The molecule has 50 heavy (non-hydrogen) atoms. The Morgan fingerprint density at radius 3 is 2.62 bits per heavy atom. The van der Waals surface area contributed by atoms with Crippen molar-refractivity contribution in [1.82, 2.24) is 19.8 Å². The van der Waals surface area contributed by atoms with Gasteiger partial charge in [-0.25, -0.2) is 18.0 Å².